The van der Waals surface area contributed by atoms with E-state index in [0.29, 0.717) is 16.6 Å². The largest absolute Gasteiger partial charge is 0.0768 e. The van der Waals surface area contributed by atoms with Gasteiger partial charge in [0.15, 0.2) is 0 Å². The van der Waals surface area contributed by atoms with Gasteiger partial charge in [-0.2, -0.15) is 0 Å². The first-order chi connectivity index (χ1) is 7.62. The minimum atomic E-state index is 0.484. The van der Waals surface area contributed by atoms with Crippen molar-refractivity contribution in [1.82, 2.24) is 0 Å². The van der Waals surface area contributed by atoms with Gasteiger partial charge in [0, 0.05) is 0 Å². The second-order valence-electron chi connectivity index (χ2n) is 6.65. The summed E-state index contributed by atoms with van der Waals surface area (Å²) < 4.78 is 0. The fourth-order valence-electron chi connectivity index (χ4n) is 4.50. The summed E-state index contributed by atoms with van der Waals surface area (Å²) >= 11 is 0. The van der Waals surface area contributed by atoms with Crippen molar-refractivity contribution in [3.8, 4) is 0 Å². The zero-order chi connectivity index (χ0) is 11.6. The van der Waals surface area contributed by atoms with E-state index in [1.54, 1.807) is 0 Å². The molecule has 0 aromatic carbocycles. The smallest absolute Gasteiger partial charge is 0.0699 e. The summed E-state index contributed by atoms with van der Waals surface area (Å²) in [6.45, 7) is 4.87. The molecule has 0 spiro atoms. The standard InChI is InChI=1S/C15H27B/c1-3-4-9-15-10-6-5-8-14(15,2)12-13(16)7-11-15/h13H,3-12H2,1-2H3. The Morgan fingerprint density at radius 2 is 1.94 bits per heavy atom. The number of fused-ring (bicyclic) bond motifs is 1. The average molecular weight is 218 g/mol. The molecule has 2 radical (unpaired) electrons. The molecule has 3 unspecified atom stereocenters. The Bertz CT molecular complexity index is 234. The predicted octanol–water partition coefficient (Wildman–Crippen LogP) is 4.88. The zero-order valence-corrected chi connectivity index (χ0v) is 11.2. The van der Waals surface area contributed by atoms with Crippen molar-refractivity contribution in [2.24, 2.45) is 10.8 Å². The van der Waals surface area contributed by atoms with E-state index in [4.69, 9.17) is 7.85 Å². The maximum Gasteiger partial charge on any atom is 0.0699 e. The molecule has 0 aromatic heterocycles. The van der Waals surface area contributed by atoms with Gasteiger partial charge in [-0.25, -0.2) is 0 Å². The molecule has 2 aliphatic rings. The van der Waals surface area contributed by atoms with E-state index in [-0.39, 0.29) is 0 Å². The Labute approximate surface area is 103 Å². The quantitative estimate of drug-likeness (QED) is 0.592. The van der Waals surface area contributed by atoms with Gasteiger partial charge >= 0.3 is 0 Å². The van der Waals surface area contributed by atoms with Gasteiger partial charge in [-0.3, -0.25) is 0 Å². The highest BCUT2D eigenvalue weighted by Gasteiger charge is 2.50. The number of unbranched alkanes of at least 4 members (excludes halogenated alkanes) is 1. The summed E-state index contributed by atoms with van der Waals surface area (Å²) in [5.74, 6) is 0.484. The summed E-state index contributed by atoms with van der Waals surface area (Å²) in [5, 5.41) is 0. The molecule has 16 heavy (non-hydrogen) atoms. The highest BCUT2D eigenvalue weighted by Crippen LogP contribution is 2.62. The van der Waals surface area contributed by atoms with Crippen molar-refractivity contribution in [1.29, 1.82) is 0 Å². The Hall–Kier alpha value is 0.0649. The Morgan fingerprint density at radius 3 is 2.69 bits per heavy atom. The predicted molar refractivity (Wildman–Crippen MR) is 71.9 cm³/mol. The van der Waals surface area contributed by atoms with Crippen LogP contribution in [-0.2, 0) is 0 Å². The molecule has 0 heterocycles. The minimum absolute atomic E-state index is 0.484. The third-order valence-corrected chi connectivity index (χ3v) is 5.63. The molecule has 2 aliphatic carbocycles. The molecule has 0 aromatic rings. The van der Waals surface area contributed by atoms with Crippen molar-refractivity contribution < 1.29 is 0 Å². The maximum atomic E-state index is 6.21. The van der Waals surface area contributed by atoms with E-state index in [1.165, 1.54) is 64.2 Å². The summed E-state index contributed by atoms with van der Waals surface area (Å²) in [4.78, 5) is 0. The third kappa shape index (κ3) is 2.07. The summed E-state index contributed by atoms with van der Waals surface area (Å²) in [5.41, 5.74) is 1.23. The van der Waals surface area contributed by atoms with Crippen LogP contribution in [0.5, 0.6) is 0 Å². The van der Waals surface area contributed by atoms with Crippen LogP contribution in [0.25, 0.3) is 0 Å². The lowest BCUT2D eigenvalue weighted by molar-refractivity contribution is -0.0492. The lowest BCUT2D eigenvalue weighted by Crippen LogP contribution is -2.46. The van der Waals surface area contributed by atoms with E-state index in [1.807, 2.05) is 0 Å². The first kappa shape index (κ1) is 12.5. The number of rotatable bonds is 3. The van der Waals surface area contributed by atoms with Crippen LogP contribution < -0.4 is 0 Å². The van der Waals surface area contributed by atoms with Gasteiger partial charge in [-0.1, -0.05) is 58.2 Å². The molecule has 0 saturated heterocycles. The van der Waals surface area contributed by atoms with Crippen molar-refractivity contribution in [2.75, 3.05) is 0 Å². The van der Waals surface area contributed by atoms with Crippen LogP contribution >= 0.6 is 0 Å². The van der Waals surface area contributed by atoms with Crippen molar-refractivity contribution in [3.05, 3.63) is 0 Å². The SMILES string of the molecule is [B]C1CCC2(CCCC)CCCCC2(C)C1. The molecular weight excluding hydrogens is 191 g/mol. The van der Waals surface area contributed by atoms with Crippen LogP contribution in [0.15, 0.2) is 0 Å². The van der Waals surface area contributed by atoms with Crippen LogP contribution in [0, 0.1) is 10.8 Å². The monoisotopic (exact) mass is 218 g/mol. The minimum Gasteiger partial charge on any atom is -0.0768 e. The molecule has 1 heteroatoms. The summed E-state index contributed by atoms with van der Waals surface area (Å²) in [6.07, 6.45) is 14.0. The molecule has 0 N–H and O–H groups in total. The fourth-order valence-corrected chi connectivity index (χ4v) is 4.50. The lowest BCUT2D eigenvalue weighted by Gasteiger charge is -2.57. The highest BCUT2D eigenvalue weighted by atomic mass is 14.5. The lowest BCUT2D eigenvalue weighted by atomic mass is 9.46. The highest BCUT2D eigenvalue weighted by molar-refractivity contribution is 6.11. The van der Waals surface area contributed by atoms with Crippen LogP contribution in [0.2, 0.25) is 5.82 Å². The maximum absolute atomic E-state index is 6.21. The van der Waals surface area contributed by atoms with Gasteiger partial charge in [0.05, 0.1) is 7.85 Å². The molecule has 2 fully saturated rings. The van der Waals surface area contributed by atoms with E-state index < -0.39 is 0 Å². The summed E-state index contributed by atoms with van der Waals surface area (Å²) in [7, 11) is 6.21. The average Bonchev–Trinajstić information content (AvgIpc) is 2.26. The second kappa shape index (κ2) is 4.74. The number of hydrogen-bond acceptors (Lipinski definition) is 0. The van der Waals surface area contributed by atoms with E-state index in [2.05, 4.69) is 13.8 Å². The zero-order valence-electron chi connectivity index (χ0n) is 11.2. The Kier molecular flexibility index (Phi) is 3.71. The molecule has 0 bridgehead atoms. The fraction of sp³-hybridized carbons (Fsp3) is 1.00. The van der Waals surface area contributed by atoms with Gasteiger partial charge in [0.2, 0.25) is 0 Å². The molecular formula is C15H27B. The molecule has 0 aliphatic heterocycles. The summed E-state index contributed by atoms with van der Waals surface area (Å²) in [6, 6.07) is 0. The molecule has 3 atom stereocenters. The third-order valence-electron chi connectivity index (χ3n) is 5.63. The molecule has 90 valence electrons. The van der Waals surface area contributed by atoms with Crippen LogP contribution in [0.1, 0.15) is 78.1 Å². The molecule has 2 rings (SSSR count). The Morgan fingerprint density at radius 1 is 1.19 bits per heavy atom. The van der Waals surface area contributed by atoms with Gasteiger partial charge < -0.3 is 0 Å². The van der Waals surface area contributed by atoms with Gasteiger partial charge in [-0.05, 0) is 36.5 Å². The molecule has 2 saturated carbocycles. The molecule has 0 nitrogen and oxygen atoms in total. The van der Waals surface area contributed by atoms with E-state index in [0.717, 1.165) is 0 Å². The van der Waals surface area contributed by atoms with Gasteiger partial charge in [-0.15, -0.1) is 0 Å². The van der Waals surface area contributed by atoms with Gasteiger partial charge in [0.1, 0.15) is 0 Å². The first-order valence-corrected chi connectivity index (χ1v) is 7.37. The molecule has 0 amide bonds. The van der Waals surface area contributed by atoms with E-state index >= 15 is 0 Å². The topological polar surface area (TPSA) is 0 Å². The van der Waals surface area contributed by atoms with E-state index in [9.17, 15) is 0 Å². The normalized spacial score (nSPS) is 44.0. The first-order valence-electron chi connectivity index (χ1n) is 7.37. The second-order valence-corrected chi connectivity index (χ2v) is 6.65. The van der Waals surface area contributed by atoms with Crippen LogP contribution in [-0.4, -0.2) is 7.85 Å². The van der Waals surface area contributed by atoms with Crippen molar-refractivity contribution in [2.45, 2.75) is 83.9 Å². The van der Waals surface area contributed by atoms with Gasteiger partial charge in [0.25, 0.3) is 0 Å². The van der Waals surface area contributed by atoms with Crippen LogP contribution in [0.3, 0.4) is 0 Å². The number of hydrogen-bond donors (Lipinski definition) is 0. The van der Waals surface area contributed by atoms with Crippen molar-refractivity contribution in [3.63, 3.8) is 0 Å². The van der Waals surface area contributed by atoms with Crippen LogP contribution in [0.4, 0.5) is 0 Å². The van der Waals surface area contributed by atoms with Crippen molar-refractivity contribution >= 4 is 7.85 Å². The Balaban J connectivity index is 2.15.